The van der Waals surface area contributed by atoms with Crippen LogP contribution in [-0.2, 0) is 0 Å². The third-order valence-corrected chi connectivity index (χ3v) is 1.86. The van der Waals surface area contributed by atoms with Crippen LogP contribution in [0.2, 0.25) is 0 Å². The van der Waals surface area contributed by atoms with Crippen LogP contribution in [0.25, 0.3) is 0 Å². The fourth-order valence-electron chi connectivity index (χ4n) is 1.09. The lowest BCUT2D eigenvalue weighted by Gasteiger charge is -2.07. The van der Waals surface area contributed by atoms with Crippen molar-refractivity contribution in [2.75, 3.05) is 11.9 Å². The average molecular weight is 179 g/mol. The number of anilines is 1. The van der Waals surface area contributed by atoms with Gasteiger partial charge in [0.2, 0.25) is 0 Å². The zero-order valence-electron chi connectivity index (χ0n) is 7.81. The molecular formula is C11H14FN. The summed E-state index contributed by atoms with van der Waals surface area (Å²) < 4.78 is 13.3. The Morgan fingerprint density at radius 1 is 1.54 bits per heavy atom. The molecule has 1 N–H and O–H groups in total. The van der Waals surface area contributed by atoms with Crippen LogP contribution in [0, 0.1) is 12.7 Å². The third-order valence-electron chi connectivity index (χ3n) is 1.86. The van der Waals surface area contributed by atoms with Crippen molar-refractivity contribution in [3.63, 3.8) is 0 Å². The van der Waals surface area contributed by atoms with Crippen molar-refractivity contribution in [3.8, 4) is 0 Å². The van der Waals surface area contributed by atoms with Crippen LogP contribution in [0.4, 0.5) is 10.1 Å². The van der Waals surface area contributed by atoms with Crippen LogP contribution < -0.4 is 5.32 Å². The zero-order valence-corrected chi connectivity index (χ0v) is 7.81. The van der Waals surface area contributed by atoms with Crippen LogP contribution in [0.5, 0.6) is 0 Å². The Balaban J connectivity index is 2.65. The summed E-state index contributed by atoms with van der Waals surface area (Å²) in [5.74, 6) is -0.161. The molecule has 0 atom stereocenters. The maximum absolute atomic E-state index is 13.3. The van der Waals surface area contributed by atoms with E-state index in [-0.39, 0.29) is 5.82 Å². The van der Waals surface area contributed by atoms with Gasteiger partial charge in [-0.15, -0.1) is 6.58 Å². The molecular weight excluding hydrogens is 165 g/mol. The largest absolute Gasteiger partial charge is 0.382 e. The number of hydrogen-bond donors (Lipinski definition) is 1. The van der Waals surface area contributed by atoms with Crippen molar-refractivity contribution in [1.82, 2.24) is 0 Å². The van der Waals surface area contributed by atoms with Gasteiger partial charge in [-0.05, 0) is 25.0 Å². The lowest BCUT2D eigenvalue weighted by Crippen LogP contribution is -2.02. The normalized spacial score (nSPS) is 9.69. The topological polar surface area (TPSA) is 12.0 Å². The molecule has 0 heterocycles. The zero-order chi connectivity index (χ0) is 9.68. The lowest BCUT2D eigenvalue weighted by atomic mass is 10.2. The molecule has 0 fully saturated rings. The van der Waals surface area contributed by atoms with Crippen LogP contribution in [0.3, 0.4) is 0 Å². The number of aryl methyl sites for hydroxylation is 1. The second kappa shape index (κ2) is 4.65. The highest BCUT2D eigenvalue weighted by Crippen LogP contribution is 2.16. The van der Waals surface area contributed by atoms with E-state index in [9.17, 15) is 4.39 Å². The number of hydrogen-bond acceptors (Lipinski definition) is 1. The Labute approximate surface area is 78.3 Å². The monoisotopic (exact) mass is 179 g/mol. The fourth-order valence-corrected chi connectivity index (χ4v) is 1.09. The minimum absolute atomic E-state index is 0.161. The summed E-state index contributed by atoms with van der Waals surface area (Å²) in [4.78, 5) is 0. The predicted octanol–water partition coefficient (Wildman–Crippen LogP) is 3.12. The van der Waals surface area contributed by atoms with Crippen molar-refractivity contribution in [1.29, 1.82) is 0 Å². The maximum Gasteiger partial charge on any atom is 0.149 e. The highest BCUT2D eigenvalue weighted by Gasteiger charge is 2.02. The van der Waals surface area contributed by atoms with E-state index in [1.165, 1.54) is 0 Å². The van der Waals surface area contributed by atoms with E-state index in [0.717, 1.165) is 13.0 Å². The van der Waals surface area contributed by atoms with E-state index < -0.39 is 0 Å². The van der Waals surface area contributed by atoms with Gasteiger partial charge in [0.25, 0.3) is 0 Å². The summed E-state index contributed by atoms with van der Waals surface area (Å²) in [5.41, 5.74) is 1.24. The first-order valence-electron chi connectivity index (χ1n) is 4.35. The number of benzene rings is 1. The molecule has 1 nitrogen and oxygen atoms in total. The summed E-state index contributed by atoms with van der Waals surface area (Å²) in [5, 5.41) is 3.01. The average Bonchev–Trinajstić information content (AvgIpc) is 2.13. The van der Waals surface area contributed by atoms with Gasteiger partial charge in [0, 0.05) is 6.54 Å². The minimum Gasteiger partial charge on any atom is -0.382 e. The first-order chi connectivity index (χ1) is 6.25. The number of halogens is 1. The molecule has 0 saturated carbocycles. The predicted molar refractivity (Wildman–Crippen MR) is 54.4 cm³/mol. The van der Waals surface area contributed by atoms with E-state index in [4.69, 9.17) is 0 Å². The van der Waals surface area contributed by atoms with Crippen molar-refractivity contribution in [2.24, 2.45) is 0 Å². The summed E-state index contributed by atoms with van der Waals surface area (Å²) >= 11 is 0. The van der Waals surface area contributed by atoms with Crippen LogP contribution in [0.1, 0.15) is 12.0 Å². The van der Waals surface area contributed by atoms with Crippen molar-refractivity contribution in [3.05, 3.63) is 42.2 Å². The van der Waals surface area contributed by atoms with Gasteiger partial charge < -0.3 is 5.32 Å². The Morgan fingerprint density at radius 2 is 2.31 bits per heavy atom. The standard InChI is InChI=1S/C11H14FN/c1-3-4-8-13-10-7-5-6-9(2)11(10)12/h3,5-7,13H,1,4,8H2,2H3. The molecule has 1 aromatic rings. The molecule has 0 aliphatic carbocycles. The Kier molecular flexibility index (Phi) is 3.50. The van der Waals surface area contributed by atoms with E-state index in [0.29, 0.717) is 11.3 Å². The van der Waals surface area contributed by atoms with Crippen molar-refractivity contribution < 1.29 is 4.39 Å². The molecule has 0 amide bonds. The summed E-state index contributed by atoms with van der Waals surface area (Å²) in [7, 11) is 0. The molecule has 0 aromatic heterocycles. The van der Waals surface area contributed by atoms with Crippen molar-refractivity contribution in [2.45, 2.75) is 13.3 Å². The Bertz CT molecular complexity index is 294. The molecule has 0 saturated heterocycles. The molecule has 0 aliphatic rings. The van der Waals surface area contributed by atoms with Gasteiger partial charge in [-0.3, -0.25) is 0 Å². The van der Waals surface area contributed by atoms with Gasteiger partial charge in [-0.25, -0.2) is 4.39 Å². The third kappa shape index (κ3) is 2.58. The van der Waals surface area contributed by atoms with Gasteiger partial charge in [-0.1, -0.05) is 18.2 Å². The molecule has 0 unspecified atom stereocenters. The van der Waals surface area contributed by atoms with Gasteiger partial charge in [0.15, 0.2) is 0 Å². The van der Waals surface area contributed by atoms with Gasteiger partial charge in [0.05, 0.1) is 5.69 Å². The highest BCUT2D eigenvalue weighted by molar-refractivity contribution is 5.47. The molecule has 0 bridgehead atoms. The SMILES string of the molecule is C=CCCNc1cccc(C)c1F. The Morgan fingerprint density at radius 3 is 3.00 bits per heavy atom. The number of rotatable bonds is 4. The molecule has 0 radical (unpaired) electrons. The molecule has 1 rings (SSSR count). The van der Waals surface area contributed by atoms with Gasteiger partial charge >= 0.3 is 0 Å². The number of nitrogens with one attached hydrogen (secondary N) is 1. The van der Waals surface area contributed by atoms with E-state index in [1.54, 1.807) is 25.1 Å². The highest BCUT2D eigenvalue weighted by atomic mass is 19.1. The molecule has 0 spiro atoms. The minimum atomic E-state index is -0.161. The molecule has 13 heavy (non-hydrogen) atoms. The van der Waals surface area contributed by atoms with Crippen molar-refractivity contribution >= 4 is 5.69 Å². The summed E-state index contributed by atoms with van der Waals surface area (Å²) in [6, 6.07) is 5.34. The molecule has 0 aliphatic heterocycles. The Hall–Kier alpha value is -1.31. The van der Waals surface area contributed by atoms with E-state index in [2.05, 4.69) is 11.9 Å². The second-order valence-corrected chi connectivity index (χ2v) is 2.94. The first kappa shape index (κ1) is 9.78. The van der Waals surface area contributed by atoms with Crippen LogP contribution in [0.15, 0.2) is 30.9 Å². The van der Waals surface area contributed by atoms with E-state index in [1.807, 2.05) is 6.07 Å². The quantitative estimate of drug-likeness (QED) is 0.553. The smallest absolute Gasteiger partial charge is 0.149 e. The fraction of sp³-hybridized carbons (Fsp3) is 0.273. The van der Waals surface area contributed by atoms with Crippen LogP contribution in [-0.4, -0.2) is 6.54 Å². The molecule has 1 aromatic carbocycles. The van der Waals surface area contributed by atoms with Gasteiger partial charge in [0.1, 0.15) is 5.82 Å². The molecule has 2 heteroatoms. The lowest BCUT2D eigenvalue weighted by molar-refractivity contribution is 0.621. The van der Waals surface area contributed by atoms with Crippen LogP contribution >= 0.6 is 0 Å². The van der Waals surface area contributed by atoms with Gasteiger partial charge in [-0.2, -0.15) is 0 Å². The first-order valence-corrected chi connectivity index (χ1v) is 4.35. The summed E-state index contributed by atoms with van der Waals surface area (Å²) in [6.45, 7) is 6.08. The summed E-state index contributed by atoms with van der Waals surface area (Å²) in [6.07, 6.45) is 2.65. The van der Waals surface area contributed by atoms with E-state index >= 15 is 0 Å². The molecule has 70 valence electrons. The maximum atomic E-state index is 13.3. The second-order valence-electron chi connectivity index (χ2n) is 2.94.